The van der Waals surface area contributed by atoms with Crippen molar-refractivity contribution < 1.29 is 0 Å². The number of rotatable bonds is 5. The molecule has 0 aliphatic rings. The summed E-state index contributed by atoms with van der Waals surface area (Å²) in [6.45, 7) is 4.97. The predicted octanol–water partition coefficient (Wildman–Crippen LogP) is 2.79. The molecule has 2 aromatic heterocycles. The van der Waals surface area contributed by atoms with E-state index in [0.717, 1.165) is 19.4 Å². The third-order valence-corrected chi connectivity index (χ3v) is 3.02. The van der Waals surface area contributed by atoms with Crippen molar-refractivity contribution in [1.82, 2.24) is 14.9 Å². The molecule has 1 unspecified atom stereocenters. The van der Waals surface area contributed by atoms with Gasteiger partial charge in [-0.05, 0) is 32.0 Å². The SMILES string of the molecule is CC#CCCC(NCC)c1cnn2ccccc12. The highest BCUT2D eigenvalue weighted by Gasteiger charge is 2.14. The van der Waals surface area contributed by atoms with E-state index in [4.69, 9.17) is 0 Å². The molecule has 0 spiro atoms. The van der Waals surface area contributed by atoms with E-state index in [1.807, 2.05) is 29.9 Å². The second-order valence-electron chi connectivity index (χ2n) is 4.21. The fourth-order valence-electron chi connectivity index (χ4n) is 2.18. The molecule has 0 radical (unpaired) electrons. The van der Waals surface area contributed by atoms with Crippen molar-refractivity contribution in [3.05, 3.63) is 36.2 Å². The van der Waals surface area contributed by atoms with Crippen molar-refractivity contribution in [2.75, 3.05) is 6.54 Å². The molecule has 0 saturated carbocycles. The number of fused-ring (bicyclic) bond motifs is 1. The number of nitrogens with zero attached hydrogens (tertiary/aromatic N) is 2. The van der Waals surface area contributed by atoms with Gasteiger partial charge in [-0.15, -0.1) is 11.8 Å². The molecule has 3 heteroatoms. The fourth-order valence-corrected chi connectivity index (χ4v) is 2.18. The molecular weight excluding hydrogens is 222 g/mol. The van der Waals surface area contributed by atoms with Crippen LogP contribution >= 0.6 is 0 Å². The van der Waals surface area contributed by atoms with Crippen molar-refractivity contribution in [3.63, 3.8) is 0 Å². The first-order chi connectivity index (χ1) is 8.86. The average molecular weight is 241 g/mol. The van der Waals surface area contributed by atoms with Crippen LogP contribution in [0.1, 0.15) is 38.3 Å². The van der Waals surface area contributed by atoms with E-state index in [1.165, 1.54) is 11.1 Å². The van der Waals surface area contributed by atoms with Crippen LogP contribution < -0.4 is 5.32 Å². The first-order valence-electron chi connectivity index (χ1n) is 6.42. The van der Waals surface area contributed by atoms with E-state index in [1.54, 1.807) is 0 Å². The Balaban J connectivity index is 2.25. The Morgan fingerprint density at radius 3 is 3.11 bits per heavy atom. The van der Waals surface area contributed by atoms with Gasteiger partial charge in [0.2, 0.25) is 0 Å². The monoisotopic (exact) mass is 241 g/mol. The van der Waals surface area contributed by atoms with Gasteiger partial charge in [-0.25, -0.2) is 4.52 Å². The largest absolute Gasteiger partial charge is 0.310 e. The molecule has 0 aromatic carbocycles. The van der Waals surface area contributed by atoms with Crippen LogP contribution in [0.15, 0.2) is 30.6 Å². The van der Waals surface area contributed by atoms with Gasteiger partial charge in [0.15, 0.2) is 0 Å². The lowest BCUT2D eigenvalue weighted by atomic mass is 10.0. The molecule has 0 fully saturated rings. The molecule has 94 valence electrons. The molecule has 0 bridgehead atoms. The Morgan fingerprint density at radius 1 is 1.44 bits per heavy atom. The third kappa shape index (κ3) is 2.72. The average Bonchev–Trinajstić information content (AvgIpc) is 2.82. The Hall–Kier alpha value is -1.79. The van der Waals surface area contributed by atoms with Crippen LogP contribution in [0.5, 0.6) is 0 Å². The molecule has 2 rings (SSSR count). The minimum absolute atomic E-state index is 0.329. The highest BCUT2D eigenvalue weighted by Crippen LogP contribution is 2.22. The zero-order chi connectivity index (χ0) is 12.8. The predicted molar refractivity (Wildman–Crippen MR) is 74.3 cm³/mol. The van der Waals surface area contributed by atoms with Crippen LogP contribution in [0.25, 0.3) is 5.52 Å². The molecule has 1 N–H and O–H groups in total. The van der Waals surface area contributed by atoms with Crippen molar-refractivity contribution in [2.45, 2.75) is 32.7 Å². The highest BCUT2D eigenvalue weighted by molar-refractivity contribution is 5.54. The van der Waals surface area contributed by atoms with Gasteiger partial charge < -0.3 is 5.32 Å². The molecule has 2 aromatic rings. The van der Waals surface area contributed by atoms with E-state index in [2.05, 4.69) is 41.3 Å². The molecule has 18 heavy (non-hydrogen) atoms. The zero-order valence-electron chi connectivity index (χ0n) is 11.0. The summed E-state index contributed by atoms with van der Waals surface area (Å²) in [5.41, 5.74) is 2.43. The molecule has 0 amide bonds. The first kappa shape index (κ1) is 12.7. The van der Waals surface area contributed by atoms with Crippen LogP contribution in [-0.2, 0) is 0 Å². The van der Waals surface area contributed by atoms with E-state index in [0.29, 0.717) is 6.04 Å². The summed E-state index contributed by atoms with van der Waals surface area (Å²) < 4.78 is 1.92. The lowest BCUT2D eigenvalue weighted by Crippen LogP contribution is -2.20. The van der Waals surface area contributed by atoms with Gasteiger partial charge in [0.1, 0.15) is 0 Å². The Labute approximate surface area is 108 Å². The van der Waals surface area contributed by atoms with Gasteiger partial charge in [0, 0.05) is 24.2 Å². The minimum atomic E-state index is 0.329. The maximum atomic E-state index is 4.39. The van der Waals surface area contributed by atoms with Gasteiger partial charge in [0.25, 0.3) is 0 Å². The number of nitrogens with one attached hydrogen (secondary N) is 1. The first-order valence-corrected chi connectivity index (χ1v) is 6.42. The van der Waals surface area contributed by atoms with Gasteiger partial charge >= 0.3 is 0 Å². The van der Waals surface area contributed by atoms with E-state index >= 15 is 0 Å². The van der Waals surface area contributed by atoms with Gasteiger partial charge in [0.05, 0.1) is 11.7 Å². The molecule has 3 nitrogen and oxygen atoms in total. The van der Waals surface area contributed by atoms with E-state index < -0.39 is 0 Å². The van der Waals surface area contributed by atoms with Crippen LogP contribution in [-0.4, -0.2) is 16.2 Å². The van der Waals surface area contributed by atoms with Crippen molar-refractivity contribution in [1.29, 1.82) is 0 Å². The molecule has 1 atom stereocenters. The third-order valence-electron chi connectivity index (χ3n) is 3.02. The minimum Gasteiger partial charge on any atom is -0.310 e. The number of pyridine rings is 1. The lowest BCUT2D eigenvalue weighted by Gasteiger charge is -2.15. The van der Waals surface area contributed by atoms with Gasteiger partial charge in [-0.2, -0.15) is 5.10 Å². The summed E-state index contributed by atoms with van der Waals surface area (Å²) >= 11 is 0. The maximum Gasteiger partial charge on any atom is 0.0709 e. The number of hydrogen-bond donors (Lipinski definition) is 1. The van der Waals surface area contributed by atoms with Crippen LogP contribution in [0, 0.1) is 11.8 Å². The topological polar surface area (TPSA) is 29.3 Å². The summed E-state index contributed by atoms with van der Waals surface area (Å²) in [5.74, 6) is 6.08. The summed E-state index contributed by atoms with van der Waals surface area (Å²) in [5, 5.41) is 7.91. The van der Waals surface area contributed by atoms with Crippen molar-refractivity contribution in [2.24, 2.45) is 0 Å². The van der Waals surface area contributed by atoms with Gasteiger partial charge in [-0.3, -0.25) is 0 Å². The normalized spacial score (nSPS) is 12.1. The van der Waals surface area contributed by atoms with Crippen LogP contribution in [0.2, 0.25) is 0 Å². The smallest absolute Gasteiger partial charge is 0.0709 e. The Morgan fingerprint density at radius 2 is 2.33 bits per heavy atom. The quantitative estimate of drug-likeness (QED) is 0.816. The Kier molecular flexibility index (Phi) is 4.38. The van der Waals surface area contributed by atoms with Crippen molar-refractivity contribution in [3.8, 4) is 11.8 Å². The summed E-state index contributed by atoms with van der Waals surface area (Å²) in [7, 11) is 0. The molecular formula is C15H19N3. The zero-order valence-corrected chi connectivity index (χ0v) is 11.0. The van der Waals surface area contributed by atoms with E-state index in [9.17, 15) is 0 Å². The number of hydrogen-bond acceptors (Lipinski definition) is 2. The summed E-state index contributed by atoms with van der Waals surface area (Å²) in [4.78, 5) is 0. The van der Waals surface area contributed by atoms with E-state index in [-0.39, 0.29) is 0 Å². The standard InChI is InChI=1S/C15H19N3/c1-3-5-6-9-14(16-4-2)13-12-17-18-11-8-7-10-15(13)18/h7-8,10-12,14,16H,4,6,9H2,1-2H3. The van der Waals surface area contributed by atoms with Gasteiger partial charge in [-0.1, -0.05) is 13.0 Å². The van der Waals surface area contributed by atoms with Crippen LogP contribution in [0.3, 0.4) is 0 Å². The summed E-state index contributed by atoms with van der Waals surface area (Å²) in [6.07, 6.45) is 5.87. The second-order valence-corrected chi connectivity index (χ2v) is 4.21. The molecule has 0 aliphatic carbocycles. The maximum absolute atomic E-state index is 4.39. The Bertz CT molecular complexity index is 560. The molecule has 0 aliphatic heterocycles. The van der Waals surface area contributed by atoms with Crippen LogP contribution in [0.4, 0.5) is 0 Å². The second kappa shape index (κ2) is 6.23. The molecule has 2 heterocycles. The summed E-state index contributed by atoms with van der Waals surface area (Å²) in [6, 6.07) is 6.48. The molecule has 0 saturated heterocycles. The number of aromatic nitrogens is 2. The fraction of sp³-hybridized carbons (Fsp3) is 0.400. The lowest BCUT2D eigenvalue weighted by molar-refractivity contribution is 0.525. The highest BCUT2D eigenvalue weighted by atomic mass is 15.2. The van der Waals surface area contributed by atoms with Crippen molar-refractivity contribution >= 4 is 5.52 Å².